The van der Waals surface area contributed by atoms with Crippen LogP contribution in [0.2, 0.25) is 0 Å². The number of sulfonamides is 1. The Balaban J connectivity index is 1.39. The number of fused-ring (bicyclic) bond motifs is 1. The van der Waals surface area contributed by atoms with E-state index in [0.29, 0.717) is 30.1 Å². The second-order valence-electron chi connectivity index (χ2n) is 7.85. The Bertz CT molecular complexity index is 1180. The van der Waals surface area contributed by atoms with Gasteiger partial charge >= 0.3 is 0 Å². The average molecular weight is 444 g/mol. The molecule has 2 heterocycles. The van der Waals surface area contributed by atoms with Crippen LogP contribution < -0.4 is 5.32 Å². The van der Waals surface area contributed by atoms with Gasteiger partial charge in [-0.2, -0.15) is 4.31 Å². The van der Waals surface area contributed by atoms with Gasteiger partial charge < -0.3 is 9.88 Å². The molecule has 3 aromatic rings. The predicted octanol–water partition coefficient (Wildman–Crippen LogP) is 3.66. The normalized spacial score (nSPS) is 15.3. The van der Waals surface area contributed by atoms with Gasteiger partial charge in [0.1, 0.15) is 5.82 Å². The Morgan fingerprint density at radius 3 is 2.61 bits per heavy atom. The molecule has 0 saturated carbocycles. The van der Waals surface area contributed by atoms with E-state index in [0.717, 1.165) is 30.2 Å². The number of benzene rings is 2. The third kappa shape index (κ3) is 4.97. The fourth-order valence-corrected chi connectivity index (χ4v) is 5.50. The standard InChI is InChI=1S/C23H26FN3O3S/c24-20-6-4-5-18(15-20)17-25-23(28)10-14-26-13-9-19-16-21(7-8-22(19)26)31(29,30)27-11-2-1-3-12-27/h4-9,13,15-16H,1-3,10-12,14,17H2,(H,25,28). The van der Waals surface area contributed by atoms with Crippen LogP contribution >= 0.6 is 0 Å². The molecule has 1 aliphatic rings. The van der Waals surface area contributed by atoms with Gasteiger partial charge in [-0.05, 0) is 54.8 Å². The summed E-state index contributed by atoms with van der Waals surface area (Å²) in [5.74, 6) is -0.456. The number of nitrogens with one attached hydrogen (secondary N) is 1. The number of aryl methyl sites for hydroxylation is 1. The van der Waals surface area contributed by atoms with Crippen molar-refractivity contribution in [3.63, 3.8) is 0 Å². The Labute approximate surface area is 181 Å². The van der Waals surface area contributed by atoms with E-state index in [2.05, 4.69) is 5.32 Å². The van der Waals surface area contributed by atoms with Crippen LogP contribution in [0.3, 0.4) is 0 Å². The van der Waals surface area contributed by atoms with Crippen molar-refractivity contribution in [3.05, 3.63) is 66.1 Å². The molecule has 0 atom stereocenters. The van der Waals surface area contributed by atoms with Gasteiger partial charge in [0.05, 0.1) is 4.90 Å². The summed E-state index contributed by atoms with van der Waals surface area (Å²) in [5.41, 5.74) is 1.60. The summed E-state index contributed by atoms with van der Waals surface area (Å²) in [4.78, 5) is 12.5. The zero-order chi connectivity index (χ0) is 21.8. The van der Waals surface area contributed by atoms with Gasteiger partial charge in [-0.1, -0.05) is 18.6 Å². The summed E-state index contributed by atoms with van der Waals surface area (Å²) >= 11 is 0. The molecule has 31 heavy (non-hydrogen) atoms. The molecule has 0 spiro atoms. The van der Waals surface area contributed by atoms with Crippen molar-refractivity contribution < 1.29 is 17.6 Å². The summed E-state index contributed by atoms with van der Waals surface area (Å²) in [6, 6.07) is 13.2. The average Bonchev–Trinajstić information content (AvgIpc) is 3.19. The van der Waals surface area contributed by atoms with Crippen LogP contribution in [0.1, 0.15) is 31.2 Å². The number of piperidine rings is 1. The van der Waals surface area contributed by atoms with E-state index in [1.54, 1.807) is 34.6 Å². The van der Waals surface area contributed by atoms with E-state index >= 15 is 0 Å². The molecule has 1 N–H and O–H groups in total. The molecule has 4 rings (SSSR count). The second kappa shape index (κ2) is 9.20. The third-order valence-corrected chi connectivity index (χ3v) is 7.55. The monoisotopic (exact) mass is 443 g/mol. The molecule has 2 aromatic carbocycles. The molecule has 164 valence electrons. The smallest absolute Gasteiger partial charge is 0.243 e. The Hall–Kier alpha value is -2.71. The fourth-order valence-electron chi connectivity index (χ4n) is 3.95. The van der Waals surface area contributed by atoms with Crippen LogP contribution in [0.15, 0.2) is 59.6 Å². The SMILES string of the molecule is O=C(CCn1ccc2cc(S(=O)(=O)N3CCCCC3)ccc21)NCc1cccc(F)c1. The molecule has 1 aromatic heterocycles. The highest BCUT2D eigenvalue weighted by Crippen LogP contribution is 2.25. The van der Waals surface area contributed by atoms with E-state index in [1.165, 1.54) is 12.1 Å². The predicted molar refractivity (Wildman–Crippen MR) is 117 cm³/mol. The van der Waals surface area contributed by atoms with Gasteiger partial charge in [0.2, 0.25) is 15.9 Å². The summed E-state index contributed by atoms with van der Waals surface area (Å²) in [6.45, 7) is 1.90. The van der Waals surface area contributed by atoms with Crippen LogP contribution in [0, 0.1) is 5.82 Å². The highest BCUT2D eigenvalue weighted by atomic mass is 32.2. The lowest BCUT2D eigenvalue weighted by Gasteiger charge is -2.25. The van der Waals surface area contributed by atoms with E-state index in [9.17, 15) is 17.6 Å². The van der Waals surface area contributed by atoms with Crippen LogP contribution in [0.25, 0.3) is 10.9 Å². The first-order valence-corrected chi connectivity index (χ1v) is 12.0. The molecular weight excluding hydrogens is 417 g/mol. The van der Waals surface area contributed by atoms with Gasteiger partial charge in [-0.3, -0.25) is 4.79 Å². The molecule has 0 radical (unpaired) electrons. The fraction of sp³-hybridized carbons (Fsp3) is 0.348. The van der Waals surface area contributed by atoms with Crippen molar-refractivity contribution in [3.8, 4) is 0 Å². The lowest BCUT2D eigenvalue weighted by molar-refractivity contribution is -0.121. The number of halogens is 1. The van der Waals surface area contributed by atoms with E-state index in [-0.39, 0.29) is 24.7 Å². The van der Waals surface area contributed by atoms with Crippen LogP contribution in [-0.4, -0.2) is 36.3 Å². The zero-order valence-electron chi connectivity index (χ0n) is 17.3. The lowest BCUT2D eigenvalue weighted by Crippen LogP contribution is -2.35. The third-order valence-electron chi connectivity index (χ3n) is 5.65. The van der Waals surface area contributed by atoms with E-state index in [1.807, 2.05) is 16.8 Å². The molecular formula is C23H26FN3O3S. The first kappa shape index (κ1) is 21.5. The topological polar surface area (TPSA) is 71.4 Å². The van der Waals surface area contributed by atoms with E-state index < -0.39 is 10.0 Å². The summed E-state index contributed by atoms with van der Waals surface area (Å²) in [5, 5.41) is 3.63. The van der Waals surface area contributed by atoms with Crippen LogP contribution in [0.5, 0.6) is 0 Å². The van der Waals surface area contributed by atoms with Gasteiger partial charge in [-0.15, -0.1) is 0 Å². The molecule has 1 amide bonds. The van der Waals surface area contributed by atoms with Crippen molar-refractivity contribution in [1.29, 1.82) is 0 Å². The first-order valence-electron chi connectivity index (χ1n) is 10.5. The second-order valence-corrected chi connectivity index (χ2v) is 9.79. The number of nitrogens with zero attached hydrogens (tertiary/aromatic N) is 2. The zero-order valence-corrected chi connectivity index (χ0v) is 18.1. The first-order chi connectivity index (χ1) is 14.9. The quantitative estimate of drug-likeness (QED) is 0.606. The van der Waals surface area contributed by atoms with Gasteiger partial charge in [-0.25, -0.2) is 12.8 Å². The molecule has 8 heteroatoms. The lowest BCUT2D eigenvalue weighted by atomic mass is 10.2. The summed E-state index contributed by atoms with van der Waals surface area (Å²) < 4.78 is 42.5. The Morgan fingerprint density at radius 2 is 1.84 bits per heavy atom. The molecule has 6 nitrogen and oxygen atoms in total. The van der Waals surface area contributed by atoms with Gasteiger partial charge in [0.25, 0.3) is 0 Å². The maximum absolute atomic E-state index is 13.2. The molecule has 0 unspecified atom stereocenters. The Morgan fingerprint density at radius 1 is 1.03 bits per heavy atom. The number of aromatic nitrogens is 1. The van der Waals surface area contributed by atoms with Crippen molar-refractivity contribution in [1.82, 2.24) is 14.2 Å². The number of hydrogen-bond donors (Lipinski definition) is 1. The maximum atomic E-state index is 13.2. The minimum atomic E-state index is -3.47. The van der Waals surface area contributed by atoms with Crippen LogP contribution in [-0.2, 0) is 27.9 Å². The number of carbonyl (C=O) groups is 1. The summed E-state index contributed by atoms with van der Waals surface area (Å²) in [6.07, 6.45) is 5.01. The van der Waals surface area contributed by atoms with Gasteiger partial charge in [0, 0.05) is 49.7 Å². The minimum absolute atomic E-state index is 0.129. The van der Waals surface area contributed by atoms with Crippen molar-refractivity contribution in [2.75, 3.05) is 13.1 Å². The molecule has 0 aliphatic carbocycles. The van der Waals surface area contributed by atoms with Crippen molar-refractivity contribution in [2.24, 2.45) is 0 Å². The number of hydrogen-bond acceptors (Lipinski definition) is 3. The molecule has 0 bridgehead atoms. The minimum Gasteiger partial charge on any atom is -0.352 e. The number of carbonyl (C=O) groups excluding carboxylic acids is 1. The molecule has 1 aliphatic heterocycles. The summed E-state index contributed by atoms with van der Waals surface area (Å²) in [7, 11) is -3.47. The highest BCUT2D eigenvalue weighted by molar-refractivity contribution is 7.89. The number of rotatable bonds is 7. The highest BCUT2D eigenvalue weighted by Gasteiger charge is 2.26. The van der Waals surface area contributed by atoms with Crippen molar-refractivity contribution in [2.45, 2.75) is 43.7 Å². The number of amides is 1. The largest absolute Gasteiger partial charge is 0.352 e. The van der Waals surface area contributed by atoms with Crippen LogP contribution in [0.4, 0.5) is 4.39 Å². The van der Waals surface area contributed by atoms with Gasteiger partial charge in [0.15, 0.2) is 0 Å². The Kier molecular flexibility index (Phi) is 6.38. The van der Waals surface area contributed by atoms with E-state index in [4.69, 9.17) is 0 Å². The molecule has 1 saturated heterocycles. The maximum Gasteiger partial charge on any atom is 0.243 e. The van der Waals surface area contributed by atoms with Crippen molar-refractivity contribution >= 4 is 26.8 Å². The molecule has 1 fully saturated rings.